The Hall–Kier alpha value is -0.610. The molecule has 2 saturated heterocycles. The lowest BCUT2D eigenvalue weighted by atomic mass is 10.1. The molecular weight excluding hydrogens is 214 g/mol. The van der Waals surface area contributed by atoms with Crippen LogP contribution in [-0.4, -0.2) is 61.5 Å². The Morgan fingerprint density at radius 1 is 1.29 bits per heavy atom. The first-order chi connectivity index (χ1) is 8.16. The van der Waals surface area contributed by atoms with Gasteiger partial charge in [-0.2, -0.15) is 0 Å². The maximum atomic E-state index is 12.2. The molecule has 0 aromatic heterocycles. The normalized spacial score (nSPS) is 26.8. The van der Waals surface area contributed by atoms with Crippen LogP contribution in [0.2, 0.25) is 0 Å². The van der Waals surface area contributed by atoms with Crippen LogP contribution in [0.25, 0.3) is 0 Å². The first-order valence-electron chi connectivity index (χ1n) is 6.88. The van der Waals surface area contributed by atoms with Gasteiger partial charge in [-0.25, -0.2) is 0 Å². The Labute approximate surface area is 104 Å². The van der Waals surface area contributed by atoms with Crippen molar-refractivity contribution in [2.45, 2.75) is 20.3 Å². The molecule has 0 spiro atoms. The molecule has 2 heterocycles. The van der Waals surface area contributed by atoms with Crippen molar-refractivity contribution in [3.05, 3.63) is 0 Å². The van der Waals surface area contributed by atoms with E-state index in [4.69, 9.17) is 0 Å². The monoisotopic (exact) mass is 239 g/mol. The predicted octanol–water partition coefficient (Wildman–Crippen LogP) is 0.396. The van der Waals surface area contributed by atoms with Gasteiger partial charge in [-0.05, 0) is 18.9 Å². The number of nitrogens with one attached hydrogen (secondary N) is 1. The molecule has 17 heavy (non-hydrogen) atoms. The molecule has 0 aromatic carbocycles. The maximum Gasteiger partial charge on any atom is 0.227 e. The van der Waals surface area contributed by atoms with E-state index >= 15 is 0 Å². The van der Waals surface area contributed by atoms with E-state index in [-0.39, 0.29) is 5.92 Å². The first-order valence-corrected chi connectivity index (χ1v) is 6.88. The van der Waals surface area contributed by atoms with E-state index in [0.29, 0.717) is 5.91 Å². The molecule has 98 valence electrons. The Balaban J connectivity index is 1.76. The molecule has 0 radical (unpaired) electrons. The number of rotatable bonds is 3. The van der Waals surface area contributed by atoms with Gasteiger partial charge in [0.25, 0.3) is 0 Å². The Morgan fingerprint density at radius 2 is 2.00 bits per heavy atom. The second-order valence-corrected chi connectivity index (χ2v) is 5.71. The lowest BCUT2D eigenvalue weighted by Gasteiger charge is -2.36. The van der Waals surface area contributed by atoms with Crippen molar-refractivity contribution in [1.29, 1.82) is 0 Å². The molecule has 0 bridgehead atoms. The molecule has 4 heteroatoms. The van der Waals surface area contributed by atoms with Gasteiger partial charge in [0.15, 0.2) is 0 Å². The van der Waals surface area contributed by atoms with Gasteiger partial charge in [-0.3, -0.25) is 9.69 Å². The summed E-state index contributed by atoms with van der Waals surface area (Å²) in [5.74, 6) is 1.34. The van der Waals surface area contributed by atoms with Crippen molar-refractivity contribution in [1.82, 2.24) is 15.1 Å². The molecule has 2 aliphatic rings. The summed E-state index contributed by atoms with van der Waals surface area (Å²) in [7, 11) is 0. The number of hydrogen-bond donors (Lipinski definition) is 1. The van der Waals surface area contributed by atoms with Gasteiger partial charge in [0.05, 0.1) is 5.92 Å². The third-order valence-electron chi connectivity index (χ3n) is 3.72. The quantitative estimate of drug-likeness (QED) is 0.774. The molecule has 1 atom stereocenters. The molecule has 0 aliphatic carbocycles. The van der Waals surface area contributed by atoms with Crippen LogP contribution in [0.5, 0.6) is 0 Å². The predicted molar refractivity (Wildman–Crippen MR) is 68.8 cm³/mol. The zero-order valence-corrected chi connectivity index (χ0v) is 11.1. The summed E-state index contributed by atoms with van der Waals surface area (Å²) in [5, 5.41) is 3.27. The fourth-order valence-electron chi connectivity index (χ4n) is 2.79. The van der Waals surface area contributed by atoms with E-state index in [1.165, 1.54) is 0 Å². The number of amides is 1. The van der Waals surface area contributed by atoms with Crippen LogP contribution in [0.1, 0.15) is 20.3 Å². The van der Waals surface area contributed by atoms with Crippen molar-refractivity contribution >= 4 is 5.91 Å². The molecule has 1 amide bonds. The number of carbonyl (C=O) groups excluding carboxylic acids is 1. The summed E-state index contributed by atoms with van der Waals surface area (Å²) in [4.78, 5) is 16.7. The molecule has 0 unspecified atom stereocenters. The van der Waals surface area contributed by atoms with E-state index < -0.39 is 0 Å². The number of piperazine rings is 1. The van der Waals surface area contributed by atoms with Crippen LogP contribution in [0.15, 0.2) is 0 Å². The Kier molecular flexibility index (Phi) is 4.40. The Morgan fingerprint density at radius 3 is 2.53 bits per heavy atom. The van der Waals surface area contributed by atoms with E-state index in [1.54, 1.807) is 0 Å². The van der Waals surface area contributed by atoms with E-state index in [9.17, 15) is 4.79 Å². The van der Waals surface area contributed by atoms with E-state index in [0.717, 1.165) is 58.2 Å². The van der Waals surface area contributed by atoms with Gasteiger partial charge in [0.1, 0.15) is 0 Å². The third kappa shape index (κ3) is 3.42. The molecule has 1 N–H and O–H groups in total. The highest BCUT2D eigenvalue weighted by molar-refractivity contribution is 5.79. The number of hydrogen-bond acceptors (Lipinski definition) is 3. The highest BCUT2D eigenvalue weighted by Crippen LogP contribution is 2.14. The van der Waals surface area contributed by atoms with Crippen molar-refractivity contribution in [2.75, 3.05) is 45.8 Å². The lowest BCUT2D eigenvalue weighted by molar-refractivity contribution is -0.136. The second-order valence-electron chi connectivity index (χ2n) is 5.71. The topological polar surface area (TPSA) is 35.6 Å². The summed E-state index contributed by atoms with van der Waals surface area (Å²) in [6.45, 7) is 11.5. The maximum absolute atomic E-state index is 12.2. The molecule has 2 fully saturated rings. The lowest BCUT2D eigenvalue weighted by Crippen LogP contribution is -2.51. The summed E-state index contributed by atoms with van der Waals surface area (Å²) in [6, 6.07) is 0. The van der Waals surface area contributed by atoms with Crippen LogP contribution in [0, 0.1) is 11.8 Å². The van der Waals surface area contributed by atoms with E-state index in [1.807, 2.05) is 0 Å². The fourth-order valence-corrected chi connectivity index (χ4v) is 2.79. The molecule has 0 aromatic rings. The van der Waals surface area contributed by atoms with Gasteiger partial charge in [-0.1, -0.05) is 13.8 Å². The van der Waals surface area contributed by atoms with Crippen LogP contribution in [-0.2, 0) is 4.79 Å². The highest BCUT2D eigenvalue weighted by Gasteiger charge is 2.29. The minimum atomic E-state index is 0.242. The van der Waals surface area contributed by atoms with Gasteiger partial charge >= 0.3 is 0 Å². The highest BCUT2D eigenvalue weighted by atomic mass is 16.2. The standard InChI is InChI=1S/C13H25N3O/c1-11(2)10-15-5-7-16(8-6-15)13(17)12-3-4-14-9-12/h11-12,14H,3-10H2,1-2H3/t12-/m1/s1. The Bertz CT molecular complexity index is 253. The summed E-state index contributed by atoms with van der Waals surface area (Å²) in [5.41, 5.74) is 0. The van der Waals surface area contributed by atoms with Gasteiger partial charge < -0.3 is 10.2 Å². The molecule has 4 nitrogen and oxygen atoms in total. The number of carbonyl (C=O) groups is 1. The summed E-state index contributed by atoms with van der Waals surface area (Å²) >= 11 is 0. The zero-order chi connectivity index (χ0) is 12.3. The first kappa shape index (κ1) is 12.8. The van der Waals surface area contributed by atoms with Crippen LogP contribution in [0.4, 0.5) is 0 Å². The largest absolute Gasteiger partial charge is 0.340 e. The summed E-state index contributed by atoms with van der Waals surface area (Å²) in [6.07, 6.45) is 1.02. The average Bonchev–Trinajstić information content (AvgIpc) is 2.82. The SMILES string of the molecule is CC(C)CN1CCN(C(=O)[C@@H]2CCNC2)CC1. The van der Waals surface area contributed by atoms with Crippen molar-refractivity contribution in [3.8, 4) is 0 Å². The van der Waals surface area contributed by atoms with Crippen molar-refractivity contribution < 1.29 is 4.79 Å². The van der Waals surface area contributed by atoms with Crippen molar-refractivity contribution in [3.63, 3.8) is 0 Å². The molecular formula is C13H25N3O. The average molecular weight is 239 g/mol. The molecule has 2 aliphatic heterocycles. The third-order valence-corrected chi connectivity index (χ3v) is 3.72. The van der Waals surface area contributed by atoms with E-state index in [2.05, 4.69) is 29.0 Å². The van der Waals surface area contributed by atoms with Crippen LogP contribution < -0.4 is 5.32 Å². The van der Waals surface area contributed by atoms with Gasteiger partial charge in [-0.15, -0.1) is 0 Å². The minimum Gasteiger partial charge on any atom is -0.340 e. The van der Waals surface area contributed by atoms with Gasteiger partial charge in [0, 0.05) is 39.3 Å². The molecule has 0 saturated carbocycles. The molecule has 2 rings (SSSR count). The van der Waals surface area contributed by atoms with Crippen LogP contribution >= 0.6 is 0 Å². The van der Waals surface area contributed by atoms with Crippen LogP contribution in [0.3, 0.4) is 0 Å². The fraction of sp³-hybridized carbons (Fsp3) is 0.923. The number of nitrogens with zero attached hydrogens (tertiary/aromatic N) is 2. The van der Waals surface area contributed by atoms with Gasteiger partial charge in [0.2, 0.25) is 5.91 Å². The smallest absolute Gasteiger partial charge is 0.227 e. The minimum absolute atomic E-state index is 0.242. The van der Waals surface area contributed by atoms with Crippen molar-refractivity contribution in [2.24, 2.45) is 11.8 Å². The summed E-state index contributed by atoms with van der Waals surface area (Å²) < 4.78 is 0. The zero-order valence-electron chi connectivity index (χ0n) is 11.1. The second kappa shape index (κ2) is 5.83.